The molecular formula is C29H36N4O7. The van der Waals surface area contributed by atoms with E-state index in [2.05, 4.69) is 16.0 Å². The quantitative estimate of drug-likeness (QED) is 0.219. The van der Waals surface area contributed by atoms with Gasteiger partial charge in [-0.05, 0) is 41.0 Å². The molecule has 1 aliphatic carbocycles. The second kappa shape index (κ2) is 14.1. The number of primary amides is 1. The molecule has 0 heterocycles. The van der Waals surface area contributed by atoms with Crippen molar-refractivity contribution in [3.05, 3.63) is 59.7 Å². The largest absolute Gasteiger partial charge is 0.449 e. The van der Waals surface area contributed by atoms with Crippen LogP contribution in [-0.2, 0) is 28.7 Å². The summed E-state index contributed by atoms with van der Waals surface area (Å²) in [5, 5.41) is 7.57. The van der Waals surface area contributed by atoms with E-state index >= 15 is 0 Å². The number of rotatable bonds is 13. The molecule has 0 saturated heterocycles. The van der Waals surface area contributed by atoms with Gasteiger partial charge in [0.15, 0.2) is 6.73 Å². The highest BCUT2D eigenvalue weighted by Crippen LogP contribution is 2.44. The normalized spacial score (nSPS) is 13.4. The fourth-order valence-corrected chi connectivity index (χ4v) is 4.65. The number of carbonyl (C=O) groups excluding carboxylic acids is 5. The van der Waals surface area contributed by atoms with Crippen LogP contribution in [0.15, 0.2) is 48.5 Å². The molecule has 11 heteroatoms. The highest BCUT2D eigenvalue weighted by atomic mass is 16.5. The van der Waals surface area contributed by atoms with Crippen LogP contribution in [0.4, 0.5) is 4.79 Å². The number of hydrogen-bond donors (Lipinski definition) is 4. The summed E-state index contributed by atoms with van der Waals surface area (Å²) < 4.78 is 10.3. The third kappa shape index (κ3) is 8.29. The van der Waals surface area contributed by atoms with Gasteiger partial charge in [0.05, 0.1) is 0 Å². The Morgan fingerprint density at radius 1 is 0.850 bits per heavy atom. The predicted octanol–water partition coefficient (Wildman–Crippen LogP) is 2.33. The first-order valence-corrected chi connectivity index (χ1v) is 13.2. The molecule has 0 spiro atoms. The molecular weight excluding hydrogens is 516 g/mol. The van der Waals surface area contributed by atoms with Gasteiger partial charge < -0.3 is 31.2 Å². The summed E-state index contributed by atoms with van der Waals surface area (Å²) in [5.74, 6) is -2.66. The third-order valence-electron chi connectivity index (χ3n) is 6.49. The Morgan fingerprint density at radius 2 is 1.45 bits per heavy atom. The van der Waals surface area contributed by atoms with E-state index in [4.69, 9.17) is 15.2 Å². The van der Waals surface area contributed by atoms with Crippen molar-refractivity contribution >= 4 is 29.8 Å². The predicted molar refractivity (Wildman–Crippen MR) is 147 cm³/mol. The van der Waals surface area contributed by atoms with Crippen LogP contribution in [0.2, 0.25) is 0 Å². The van der Waals surface area contributed by atoms with E-state index in [0.717, 1.165) is 22.3 Å². The summed E-state index contributed by atoms with van der Waals surface area (Å²) in [4.78, 5) is 60.9. The number of ether oxygens (including phenoxy) is 2. The Balaban J connectivity index is 1.65. The summed E-state index contributed by atoms with van der Waals surface area (Å²) in [6.45, 7) is 4.64. The van der Waals surface area contributed by atoms with E-state index in [1.807, 2.05) is 62.4 Å². The maximum Gasteiger partial charge on any atom is 0.407 e. The van der Waals surface area contributed by atoms with Gasteiger partial charge in [-0.25, -0.2) is 4.79 Å². The fourth-order valence-electron chi connectivity index (χ4n) is 4.65. The zero-order valence-corrected chi connectivity index (χ0v) is 22.9. The van der Waals surface area contributed by atoms with E-state index < -0.39 is 48.6 Å². The summed E-state index contributed by atoms with van der Waals surface area (Å²) in [6, 6.07) is 13.8. The van der Waals surface area contributed by atoms with Crippen LogP contribution in [0, 0.1) is 5.92 Å². The lowest BCUT2D eigenvalue weighted by Crippen LogP contribution is -2.54. The number of amides is 4. The monoisotopic (exact) mass is 552 g/mol. The number of carbonyl (C=O) groups is 5. The van der Waals surface area contributed by atoms with E-state index in [-0.39, 0.29) is 37.7 Å². The standard InChI is InChI=1S/C29H36N4O7/c1-17(2)14-25(28(37)32-24(12-13-26(30)35)27(36)31-16-40-18(3)34)33-29(38)39-15-23-21-10-6-4-8-19(21)20-9-5-7-11-22(20)23/h4-11,17,23-25H,12-16H2,1-3H3,(H2,30,35)(H,31,36)(H,32,37)(H,33,38)/t24-,25-/m0/s1. The maximum absolute atomic E-state index is 13.2. The van der Waals surface area contributed by atoms with Crippen LogP contribution < -0.4 is 21.7 Å². The van der Waals surface area contributed by atoms with Crippen LogP contribution in [0.5, 0.6) is 0 Å². The van der Waals surface area contributed by atoms with Gasteiger partial charge in [0.25, 0.3) is 0 Å². The highest BCUT2D eigenvalue weighted by Gasteiger charge is 2.31. The van der Waals surface area contributed by atoms with Crippen LogP contribution in [0.25, 0.3) is 11.1 Å². The van der Waals surface area contributed by atoms with Crippen molar-refractivity contribution < 1.29 is 33.4 Å². The van der Waals surface area contributed by atoms with Crippen LogP contribution in [0.3, 0.4) is 0 Å². The number of benzene rings is 2. The van der Waals surface area contributed by atoms with Gasteiger partial charge in [-0.2, -0.15) is 0 Å². The van der Waals surface area contributed by atoms with Crippen LogP contribution in [-0.4, -0.2) is 55.2 Å². The molecule has 0 aromatic heterocycles. The maximum atomic E-state index is 13.2. The Labute approximate surface area is 233 Å². The SMILES string of the molecule is CC(=O)OCNC(=O)[C@H](CCC(N)=O)NC(=O)[C@H](CC(C)C)NC(=O)OCC1c2ccccc2-c2ccccc21. The van der Waals surface area contributed by atoms with E-state index in [1.165, 1.54) is 6.92 Å². The zero-order chi connectivity index (χ0) is 29.2. The number of nitrogens with one attached hydrogen (secondary N) is 3. The number of hydrogen-bond acceptors (Lipinski definition) is 7. The fraction of sp³-hybridized carbons (Fsp3) is 0.414. The highest BCUT2D eigenvalue weighted by molar-refractivity contribution is 5.91. The molecule has 0 radical (unpaired) electrons. The topological polar surface area (TPSA) is 166 Å². The molecule has 2 aromatic carbocycles. The molecule has 2 aromatic rings. The molecule has 0 bridgehead atoms. The summed E-state index contributed by atoms with van der Waals surface area (Å²) in [5.41, 5.74) is 9.53. The smallest absolute Gasteiger partial charge is 0.407 e. The van der Waals surface area contributed by atoms with Crippen molar-refractivity contribution in [2.75, 3.05) is 13.3 Å². The number of esters is 1. The summed E-state index contributed by atoms with van der Waals surface area (Å²) in [7, 11) is 0. The molecule has 0 fully saturated rings. The van der Waals surface area contributed by atoms with Crippen molar-refractivity contribution in [3.8, 4) is 11.1 Å². The average molecular weight is 553 g/mol. The molecule has 40 heavy (non-hydrogen) atoms. The lowest BCUT2D eigenvalue weighted by atomic mass is 9.98. The minimum atomic E-state index is -1.14. The third-order valence-corrected chi connectivity index (χ3v) is 6.49. The Bertz CT molecular complexity index is 1200. The molecule has 4 amide bonds. The molecule has 11 nitrogen and oxygen atoms in total. The number of alkyl carbamates (subject to hydrolysis) is 1. The Hall–Kier alpha value is -4.41. The van der Waals surface area contributed by atoms with Crippen LogP contribution >= 0.6 is 0 Å². The first-order valence-electron chi connectivity index (χ1n) is 13.2. The summed E-state index contributed by atoms with van der Waals surface area (Å²) in [6.07, 6.45) is -0.740. The van der Waals surface area contributed by atoms with Gasteiger partial charge in [0.2, 0.25) is 17.7 Å². The Kier molecular flexibility index (Phi) is 10.6. The zero-order valence-electron chi connectivity index (χ0n) is 22.9. The molecule has 3 rings (SSSR count). The molecule has 214 valence electrons. The lowest BCUT2D eigenvalue weighted by molar-refractivity contribution is -0.143. The molecule has 0 unspecified atom stereocenters. The van der Waals surface area contributed by atoms with E-state index in [9.17, 15) is 24.0 Å². The van der Waals surface area contributed by atoms with E-state index in [1.54, 1.807) is 0 Å². The molecule has 1 aliphatic rings. The van der Waals surface area contributed by atoms with E-state index in [0.29, 0.717) is 0 Å². The minimum absolute atomic E-state index is 0.0199. The van der Waals surface area contributed by atoms with Crippen LogP contribution in [0.1, 0.15) is 57.1 Å². The molecule has 5 N–H and O–H groups in total. The van der Waals surface area contributed by atoms with Crippen molar-refractivity contribution in [1.29, 1.82) is 0 Å². The number of nitrogens with two attached hydrogens (primary N) is 1. The molecule has 0 aliphatic heterocycles. The van der Waals surface area contributed by atoms with Crippen molar-refractivity contribution in [3.63, 3.8) is 0 Å². The van der Waals surface area contributed by atoms with Crippen molar-refractivity contribution in [2.45, 2.75) is 58.0 Å². The number of fused-ring (bicyclic) bond motifs is 3. The van der Waals surface area contributed by atoms with Gasteiger partial charge in [0.1, 0.15) is 18.7 Å². The van der Waals surface area contributed by atoms with Gasteiger partial charge in [-0.15, -0.1) is 0 Å². The second-order valence-electron chi connectivity index (χ2n) is 10.0. The second-order valence-corrected chi connectivity index (χ2v) is 10.0. The van der Waals surface area contributed by atoms with Gasteiger partial charge in [-0.3, -0.25) is 19.2 Å². The first kappa shape index (κ1) is 30.1. The van der Waals surface area contributed by atoms with Crippen molar-refractivity contribution in [1.82, 2.24) is 16.0 Å². The summed E-state index contributed by atoms with van der Waals surface area (Å²) >= 11 is 0. The lowest BCUT2D eigenvalue weighted by Gasteiger charge is -2.24. The van der Waals surface area contributed by atoms with Gasteiger partial charge >= 0.3 is 12.1 Å². The average Bonchev–Trinajstić information content (AvgIpc) is 3.22. The Morgan fingerprint density at radius 3 is 2.00 bits per heavy atom. The molecule has 2 atom stereocenters. The molecule has 0 saturated carbocycles. The van der Waals surface area contributed by atoms with Gasteiger partial charge in [-0.1, -0.05) is 62.4 Å². The minimum Gasteiger partial charge on any atom is -0.449 e. The first-order chi connectivity index (χ1) is 19.1. The van der Waals surface area contributed by atoms with Gasteiger partial charge in [0, 0.05) is 19.3 Å². The van der Waals surface area contributed by atoms with Crippen molar-refractivity contribution in [2.24, 2.45) is 11.7 Å².